The Kier molecular flexibility index (Phi) is 5.67. The number of carbonyl (C=O) groups is 1. The summed E-state index contributed by atoms with van der Waals surface area (Å²) in [6.07, 6.45) is 8.61. The Bertz CT molecular complexity index is 361. The third-order valence-corrected chi connectivity index (χ3v) is 5.92. The lowest BCUT2D eigenvalue weighted by molar-refractivity contribution is -0.144. The van der Waals surface area contributed by atoms with Crippen molar-refractivity contribution in [3.63, 3.8) is 0 Å². The Morgan fingerprint density at radius 1 is 1.33 bits per heavy atom. The summed E-state index contributed by atoms with van der Waals surface area (Å²) < 4.78 is 0. The lowest BCUT2D eigenvalue weighted by Crippen LogP contribution is -2.47. The molecular formula is C17H32N2O2. The van der Waals surface area contributed by atoms with Crippen LogP contribution in [-0.2, 0) is 4.79 Å². The van der Waals surface area contributed by atoms with E-state index in [1.165, 1.54) is 32.2 Å². The molecule has 2 saturated carbocycles. The van der Waals surface area contributed by atoms with Crippen molar-refractivity contribution in [1.82, 2.24) is 10.2 Å². The van der Waals surface area contributed by atoms with Gasteiger partial charge in [0, 0.05) is 6.54 Å². The Hall–Kier alpha value is -0.610. The van der Waals surface area contributed by atoms with Crippen LogP contribution in [0.4, 0.5) is 0 Å². The molecule has 0 spiro atoms. The first-order chi connectivity index (χ1) is 9.94. The first-order valence-corrected chi connectivity index (χ1v) is 8.55. The van der Waals surface area contributed by atoms with Gasteiger partial charge in [-0.25, -0.2) is 0 Å². The number of nitrogens with zero attached hydrogens (tertiary/aromatic N) is 1. The van der Waals surface area contributed by atoms with Gasteiger partial charge in [-0.1, -0.05) is 6.42 Å². The first-order valence-electron chi connectivity index (χ1n) is 8.55. The maximum Gasteiger partial charge on any atom is 0.323 e. The van der Waals surface area contributed by atoms with Crippen molar-refractivity contribution in [3.8, 4) is 0 Å². The quantitative estimate of drug-likeness (QED) is 0.642. The van der Waals surface area contributed by atoms with Crippen LogP contribution in [0.3, 0.4) is 0 Å². The van der Waals surface area contributed by atoms with E-state index in [2.05, 4.69) is 17.3 Å². The molecule has 0 aliphatic heterocycles. The highest BCUT2D eigenvalue weighted by Gasteiger charge is 2.39. The van der Waals surface area contributed by atoms with Gasteiger partial charge in [-0.15, -0.1) is 0 Å². The molecule has 4 heteroatoms. The zero-order chi connectivity index (χ0) is 15.5. The van der Waals surface area contributed by atoms with Gasteiger partial charge in [0.15, 0.2) is 0 Å². The predicted molar refractivity (Wildman–Crippen MR) is 85.4 cm³/mol. The van der Waals surface area contributed by atoms with Crippen LogP contribution < -0.4 is 5.32 Å². The van der Waals surface area contributed by atoms with E-state index in [1.807, 2.05) is 0 Å². The van der Waals surface area contributed by atoms with Crippen LogP contribution in [0.2, 0.25) is 0 Å². The third-order valence-electron chi connectivity index (χ3n) is 5.92. The number of rotatable bonds is 9. The smallest absolute Gasteiger partial charge is 0.323 e. The maximum atomic E-state index is 11.2. The van der Waals surface area contributed by atoms with Crippen molar-refractivity contribution in [2.45, 2.75) is 57.4 Å². The molecule has 0 saturated heterocycles. The molecule has 21 heavy (non-hydrogen) atoms. The molecule has 0 radical (unpaired) electrons. The topological polar surface area (TPSA) is 52.6 Å². The van der Waals surface area contributed by atoms with Gasteiger partial charge < -0.3 is 15.3 Å². The van der Waals surface area contributed by atoms with Crippen molar-refractivity contribution >= 4 is 5.97 Å². The molecule has 0 heterocycles. The van der Waals surface area contributed by atoms with Gasteiger partial charge in [-0.05, 0) is 83.8 Å². The molecular weight excluding hydrogens is 264 g/mol. The summed E-state index contributed by atoms with van der Waals surface area (Å²) in [5.41, 5.74) is -0.775. The lowest BCUT2D eigenvalue weighted by atomic mass is 9.88. The van der Waals surface area contributed by atoms with Crippen molar-refractivity contribution in [2.24, 2.45) is 17.8 Å². The van der Waals surface area contributed by atoms with Gasteiger partial charge >= 0.3 is 5.97 Å². The van der Waals surface area contributed by atoms with Crippen LogP contribution >= 0.6 is 0 Å². The Balaban J connectivity index is 1.61. The molecule has 2 rings (SSSR count). The van der Waals surface area contributed by atoms with Crippen molar-refractivity contribution in [1.29, 1.82) is 0 Å². The highest BCUT2D eigenvalue weighted by molar-refractivity contribution is 5.78. The summed E-state index contributed by atoms with van der Waals surface area (Å²) in [5.74, 6) is 2.20. The zero-order valence-electron chi connectivity index (χ0n) is 13.9. The van der Waals surface area contributed by atoms with E-state index in [9.17, 15) is 9.90 Å². The second kappa shape index (κ2) is 7.10. The van der Waals surface area contributed by atoms with Crippen molar-refractivity contribution in [2.75, 3.05) is 27.2 Å². The molecule has 0 aromatic rings. The number of carboxylic acids is 1. The second-order valence-electron chi connectivity index (χ2n) is 7.54. The number of aliphatic carboxylic acids is 1. The van der Waals surface area contributed by atoms with Crippen LogP contribution in [0.15, 0.2) is 0 Å². The number of likely N-dealkylation sites (N-methyl/N-ethyl adjacent to an activating group) is 1. The molecule has 2 aliphatic rings. The normalized spacial score (nSPS) is 30.8. The summed E-state index contributed by atoms with van der Waals surface area (Å²) in [7, 11) is 3.95. The lowest BCUT2D eigenvalue weighted by Gasteiger charge is -2.28. The minimum atomic E-state index is -0.775. The Morgan fingerprint density at radius 2 is 2.10 bits per heavy atom. The average Bonchev–Trinajstić information content (AvgIpc) is 3.05. The summed E-state index contributed by atoms with van der Waals surface area (Å²) in [6, 6.07) is 0. The number of hydrogen-bond donors (Lipinski definition) is 2. The summed E-state index contributed by atoms with van der Waals surface area (Å²) in [4.78, 5) is 13.7. The molecule has 4 nitrogen and oxygen atoms in total. The molecule has 0 aromatic heterocycles. The minimum Gasteiger partial charge on any atom is -0.480 e. The SMILES string of the molecule is CNC(C)(CCCCN(C)CC1CC2CCC1C2)C(=O)O. The number of fused-ring (bicyclic) bond motifs is 2. The van der Waals surface area contributed by atoms with E-state index in [1.54, 1.807) is 14.0 Å². The highest BCUT2D eigenvalue weighted by Crippen LogP contribution is 2.48. The van der Waals surface area contributed by atoms with E-state index >= 15 is 0 Å². The standard InChI is InChI=1S/C17H32N2O2/c1-17(18-2,16(20)21)8-4-5-9-19(3)12-15-11-13-6-7-14(15)10-13/h13-15,18H,4-12H2,1-3H3,(H,20,21). The Morgan fingerprint density at radius 3 is 2.62 bits per heavy atom. The number of nitrogens with one attached hydrogen (secondary N) is 1. The highest BCUT2D eigenvalue weighted by atomic mass is 16.4. The number of hydrogen-bond acceptors (Lipinski definition) is 3. The van der Waals surface area contributed by atoms with Crippen molar-refractivity contribution < 1.29 is 9.90 Å². The second-order valence-corrected chi connectivity index (χ2v) is 7.54. The molecule has 2 bridgehead atoms. The van der Waals surface area contributed by atoms with Crippen LogP contribution in [0, 0.1) is 17.8 Å². The molecule has 2 aliphatic carbocycles. The van der Waals surface area contributed by atoms with Crippen LogP contribution in [0.25, 0.3) is 0 Å². The van der Waals surface area contributed by atoms with Gasteiger partial charge in [-0.3, -0.25) is 4.79 Å². The molecule has 0 amide bonds. The fraction of sp³-hybridized carbons (Fsp3) is 0.941. The van der Waals surface area contributed by atoms with E-state index in [0.29, 0.717) is 6.42 Å². The monoisotopic (exact) mass is 296 g/mol. The van der Waals surface area contributed by atoms with Gasteiger partial charge in [0.05, 0.1) is 0 Å². The van der Waals surface area contributed by atoms with Gasteiger partial charge in [0.2, 0.25) is 0 Å². The van der Waals surface area contributed by atoms with E-state index < -0.39 is 11.5 Å². The third kappa shape index (κ3) is 4.19. The average molecular weight is 296 g/mol. The molecule has 122 valence electrons. The fourth-order valence-corrected chi connectivity index (χ4v) is 4.29. The minimum absolute atomic E-state index is 0.695. The molecule has 4 atom stereocenters. The van der Waals surface area contributed by atoms with Crippen molar-refractivity contribution in [3.05, 3.63) is 0 Å². The van der Waals surface area contributed by atoms with E-state index in [4.69, 9.17) is 0 Å². The van der Waals surface area contributed by atoms with Gasteiger partial charge in [0.25, 0.3) is 0 Å². The largest absolute Gasteiger partial charge is 0.480 e. The van der Waals surface area contributed by atoms with Crippen LogP contribution in [0.5, 0.6) is 0 Å². The Labute approximate surface area is 129 Å². The summed E-state index contributed by atoms with van der Waals surface area (Å²) >= 11 is 0. The molecule has 4 unspecified atom stereocenters. The predicted octanol–water partition coefficient (Wildman–Crippen LogP) is 2.59. The zero-order valence-corrected chi connectivity index (χ0v) is 13.9. The van der Waals surface area contributed by atoms with E-state index in [-0.39, 0.29) is 0 Å². The first kappa shape index (κ1) is 16.8. The number of carboxylic acid groups (broad SMARTS) is 1. The molecule has 0 aromatic carbocycles. The number of unbranched alkanes of at least 4 members (excludes halogenated alkanes) is 1. The summed E-state index contributed by atoms with van der Waals surface area (Å²) in [6.45, 7) is 4.10. The maximum absolute atomic E-state index is 11.2. The van der Waals surface area contributed by atoms with Crippen LogP contribution in [-0.4, -0.2) is 48.7 Å². The van der Waals surface area contributed by atoms with Gasteiger partial charge in [-0.2, -0.15) is 0 Å². The fourth-order valence-electron chi connectivity index (χ4n) is 4.29. The summed E-state index contributed by atoms with van der Waals surface area (Å²) in [5, 5.41) is 12.1. The van der Waals surface area contributed by atoms with E-state index in [0.717, 1.165) is 37.1 Å². The van der Waals surface area contributed by atoms with Gasteiger partial charge in [0.1, 0.15) is 5.54 Å². The molecule has 2 fully saturated rings. The molecule has 2 N–H and O–H groups in total. The van der Waals surface area contributed by atoms with Crippen LogP contribution in [0.1, 0.15) is 51.9 Å².